The van der Waals surface area contributed by atoms with Gasteiger partial charge in [0.25, 0.3) is 5.91 Å². The second kappa shape index (κ2) is 6.55. The van der Waals surface area contributed by atoms with E-state index in [-0.39, 0.29) is 11.9 Å². The first-order valence-corrected chi connectivity index (χ1v) is 8.10. The highest BCUT2D eigenvalue weighted by Crippen LogP contribution is 2.44. The number of hydroxylamine groups is 1. The van der Waals surface area contributed by atoms with Gasteiger partial charge in [0.1, 0.15) is 5.82 Å². The number of hydrogen-bond acceptors (Lipinski definition) is 4. The molecule has 0 spiro atoms. The van der Waals surface area contributed by atoms with Gasteiger partial charge >= 0.3 is 0 Å². The van der Waals surface area contributed by atoms with Crippen LogP contribution in [0.4, 0.5) is 4.39 Å². The summed E-state index contributed by atoms with van der Waals surface area (Å²) in [6, 6.07) is 5.08. The van der Waals surface area contributed by atoms with E-state index in [4.69, 9.17) is 4.74 Å². The zero-order valence-electron chi connectivity index (χ0n) is 13.3. The minimum Gasteiger partial charge on any atom is -0.379 e. The third kappa shape index (κ3) is 2.86. The molecule has 2 atom stereocenters. The van der Waals surface area contributed by atoms with Crippen LogP contribution in [0, 0.1) is 12.7 Å². The van der Waals surface area contributed by atoms with Crippen LogP contribution >= 0.6 is 0 Å². The van der Waals surface area contributed by atoms with Gasteiger partial charge in [0.15, 0.2) is 0 Å². The number of nitrogens with one attached hydrogen (secondary N) is 1. The highest BCUT2D eigenvalue weighted by atomic mass is 19.1. The largest absolute Gasteiger partial charge is 0.379 e. The molecule has 0 aromatic heterocycles. The van der Waals surface area contributed by atoms with Crippen molar-refractivity contribution in [1.29, 1.82) is 0 Å². The van der Waals surface area contributed by atoms with E-state index in [0.717, 1.165) is 19.5 Å². The lowest BCUT2D eigenvalue weighted by Crippen LogP contribution is -2.46. The first-order chi connectivity index (χ1) is 11.1. The molecule has 1 aromatic carbocycles. The van der Waals surface area contributed by atoms with Crippen LogP contribution in [0.15, 0.2) is 18.2 Å². The van der Waals surface area contributed by atoms with Gasteiger partial charge in [-0.05, 0) is 43.4 Å². The van der Waals surface area contributed by atoms with Crippen LogP contribution in [0.2, 0.25) is 0 Å². The molecule has 1 amide bonds. The van der Waals surface area contributed by atoms with Gasteiger partial charge in [-0.2, -0.15) is 0 Å². The number of morpholine rings is 1. The van der Waals surface area contributed by atoms with E-state index in [9.17, 15) is 14.4 Å². The summed E-state index contributed by atoms with van der Waals surface area (Å²) in [6.07, 6.45) is 2.04. The highest BCUT2D eigenvalue weighted by Gasteiger charge is 2.49. The summed E-state index contributed by atoms with van der Waals surface area (Å²) in [5.41, 5.74) is 2.11. The lowest BCUT2D eigenvalue weighted by atomic mass is 9.75. The number of benzene rings is 1. The fraction of sp³-hybridized carbons (Fsp3) is 0.588. The van der Waals surface area contributed by atoms with Crippen molar-refractivity contribution in [2.45, 2.75) is 37.6 Å². The molecule has 1 aliphatic carbocycles. The smallest absolute Gasteiger partial charge is 0.254 e. The molecule has 3 rings (SSSR count). The van der Waals surface area contributed by atoms with E-state index in [1.165, 1.54) is 6.07 Å². The van der Waals surface area contributed by atoms with E-state index >= 15 is 0 Å². The third-order valence-electron chi connectivity index (χ3n) is 5.37. The van der Waals surface area contributed by atoms with Crippen molar-refractivity contribution in [3.05, 3.63) is 35.1 Å². The standard InChI is InChI=1S/C17H23FN2O3/c1-12-14(3-2-4-15(12)18)17(16(21)19-22)6-5-13(11-17)20-7-9-23-10-8-20/h2-4,13,22H,5-11H2,1H3,(H,19,21). The molecular formula is C17H23FN2O3. The van der Waals surface area contributed by atoms with E-state index in [2.05, 4.69) is 4.90 Å². The molecule has 1 saturated heterocycles. The van der Waals surface area contributed by atoms with Crippen molar-refractivity contribution < 1.29 is 19.1 Å². The van der Waals surface area contributed by atoms with E-state index in [1.54, 1.807) is 19.1 Å². The van der Waals surface area contributed by atoms with Crippen molar-refractivity contribution in [2.75, 3.05) is 26.3 Å². The Hall–Kier alpha value is -1.50. The van der Waals surface area contributed by atoms with E-state index < -0.39 is 11.3 Å². The van der Waals surface area contributed by atoms with Gasteiger partial charge in [-0.3, -0.25) is 14.9 Å². The average Bonchev–Trinajstić information content (AvgIpc) is 3.04. The van der Waals surface area contributed by atoms with Crippen LogP contribution < -0.4 is 5.48 Å². The topological polar surface area (TPSA) is 61.8 Å². The Morgan fingerprint density at radius 1 is 1.43 bits per heavy atom. The minimum absolute atomic E-state index is 0.249. The minimum atomic E-state index is -0.871. The van der Waals surface area contributed by atoms with Gasteiger partial charge in [0.2, 0.25) is 0 Å². The molecule has 23 heavy (non-hydrogen) atoms. The molecule has 126 valence electrons. The maximum atomic E-state index is 14.0. The number of nitrogens with zero attached hydrogens (tertiary/aromatic N) is 1. The lowest BCUT2D eigenvalue weighted by molar-refractivity contribution is -0.135. The third-order valence-corrected chi connectivity index (χ3v) is 5.37. The first-order valence-electron chi connectivity index (χ1n) is 8.10. The number of amides is 1. The zero-order valence-corrected chi connectivity index (χ0v) is 13.3. The van der Waals surface area contributed by atoms with Gasteiger partial charge in [-0.15, -0.1) is 0 Å². The van der Waals surface area contributed by atoms with Crippen LogP contribution in [-0.4, -0.2) is 48.4 Å². The molecule has 0 bridgehead atoms. The molecule has 1 aliphatic heterocycles. The van der Waals surface area contributed by atoms with Crippen LogP contribution in [-0.2, 0) is 14.9 Å². The Bertz CT molecular complexity index is 589. The SMILES string of the molecule is Cc1c(F)cccc1C1(C(=O)NO)CCC(N2CCOCC2)C1. The molecule has 1 heterocycles. The maximum absolute atomic E-state index is 14.0. The Morgan fingerprint density at radius 3 is 2.87 bits per heavy atom. The average molecular weight is 322 g/mol. The fourth-order valence-electron chi connectivity index (χ4n) is 4.08. The summed E-state index contributed by atoms with van der Waals surface area (Å²) in [4.78, 5) is 14.8. The number of hydrogen-bond donors (Lipinski definition) is 2. The van der Waals surface area contributed by atoms with Gasteiger partial charge in [0.05, 0.1) is 18.6 Å². The van der Waals surface area contributed by atoms with Crippen molar-refractivity contribution >= 4 is 5.91 Å². The Balaban J connectivity index is 1.93. The monoisotopic (exact) mass is 322 g/mol. The van der Waals surface area contributed by atoms with E-state index in [1.807, 2.05) is 5.48 Å². The second-order valence-corrected chi connectivity index (χ2v) is 6.48. The summed E-state index contributed by atoms with van der Waals surface area (Å²) < 4.78 is 19.4. The molecular weight excluding hydrogens is 299 g/mol. The molecule has 0 radical (unpaired) electrons. The summed E-state index contributed by atoms with van der Waals surface area (Å²) in [7, 11) is 0. The Labute approximate surface area is 135 Å². The number of halogens is 1. The van der Waals surface area contributed by atoms with Gasteiger partial charge in [-0.25, -0.2) is 9.87 Å². The predicted octanol–water partition coefficient (Wildman–Crippen LogP) is 1.76. The van der Waals surface area contributed by atoms with Gasteiger partial charge in [-0.1, -0.05) is 12.1 Å². The molecule has 2 aliphatic rings. The number of carbonyl (C=O) groups is 1. The summed E-state index contributed by atoms with van der Waals surface area (Å²) in [6.45, 7) is 4.80. The summed E-state index contributed by atoms with van der Waals surface area (Å²) in [5, 5.41) is 9.25. The van der Waals surface area contributed by atoms with Crippen molar-refractivity contribution in [3.63, 3.8) is 0 Å². The van der Waals surface area contributed by atoms with Gasteiger partial charge < -0.3 is 4.74 Å². The molecule has 1 aromatic rings. The molecule has 6 heteroatoms. The molecule has 5 nitrogen and oxygen atoms in total. The van der Waals surface area contributed by atoms with Crippen molar-refractivity contribution in [2.24, 2.45) is 0 Å². The molecule has 2 unspecified atom stereocenters. The highest BCUT2D eigenvalue weighted by molar-refractivity contribution is 5.88. The van der Waals surface area contributed by atoms with Crippen LogP contribution in [0.25, 0.3) is 0 Å². The van der Waals surface area contributed by atoms with Crippen LogP contribution in [0.1, 0.15) is 30.4 Å². The lowest BCUT2D eigenvalue weighted by Gasteiger charge is -2.34. The Kier molecular flexibility index (Phi) is 4.66. The number of rotatable bonds is 3. The number of carbonyl (C=O) groups excluding carboxylic acids is 1. The first kappa shape index (κ1) is 16.4. The number of ether oxygens (including phenoxy) is 1. The normalized spacial score (nSPS) is 28.7. The van der Waals surface area contributed by atoms with Crippen molar-refractivity contribution in [3.8, 4) is 0 Å². The predicted molar refractivity (Wildman–Crippen MR) is 82.8 cm³/mol. The molecule has 2 N–H and O–H groups in total. The fourth-order valence-corrected chi connectivity index (χ4v) is 4.08. The van der Waals surface area contributed by atoms with Crippen molar-refractivity contribution in [1.82, 2.24) is 10.4 Å². The molecule has 1 saturated carbocycles. The van der Waals surface area contributed by atoms with Crippen LogP contribution in [0.3, 0.4) is 0 Å². The van der Waals surface area contributed by atoms with Gasteiger partial charge in [0, 0.05) is 19.1 Å². The molecule has 2 fully saturated rings. The van der Waals surface area contributed by atoms with E-state index in [0.29, 0.717) is 37.2 Å². The maximum Gasteiger partial charge on any atom is 0.254 e. The quantitative estimate of drug-likeness (QED) is 0.658. The summed E-state index contributed by atoms with van der Waals surface area (Å²) >= 11 is 0. The zero-order chi connectivity index (χ0) is 16.4. The Morgan fingerprint density at radius 2 is 2.17 bits per heavy atom. The van der Waals surface area contributed by atoms with Crippen LogP contribution in [0.5, 0.6) is 0 Å². The summed E-state index contributed by atoms with van der Waals surface area (Å²) in [5.74, 6) is -0.760. The second-order valence-electron chi connectivity index (χ2n) is 6.48.